The van der Waals surface area contributed by atoms with Gasteiger partial charge in [0.2, 0.25) is 6.23 Å². The van der Waals surface area contributed by atoms with Crippen molar-refractivity contribution in [2.24, 2.45) is 5.73 Å². The van der Waals surface area contributed by atoms with Crippen LogP contribution in [0.15, 0.2) is 41.6 Å². The van der Waals surface area contributed by atoms with Crippen LogP contribution < -0.4 is 5.73 Å². The molecule has 2 atom stereocenters. The minimum absolute atomic E-state index is 0.0172. The van der Waals surface area contributed by atoms with E-state index in [0.717, 1.165) is 10.5 Å². The fraction of sp³-hybridized carbons (Fsp3) is 0.312. The number of hydrogen-bond acceptors (Lipinski definition) is 5. The molecular weight excluding hydrogens is 300 g/mol. The number of β-lactam (4-membered cyclic amide) rings is 1. The minimum Gasteiger partial charge on any atom is -0.477 e. The molecule has 2 rings (SSSR count). The SMILES string of the molecule is CC(C)=C(C(=O)O)N1C(=O)[C@@H](N)[C@H]1OC(=O)Cc1ccccc1. The van der Waals surface area contributed by atoms with Crippen molar-refractivity contribution < 1.29 is 24.2 Å². The first-order valence-electron chi connectivity index (χ1n) is 7.05. The average Bonchev–Trinajstić information content (AvgIpc) is 2.50. The molecule has 1 fully saturated rings. The normalized spacial score (nSPS) is 19.8. The number of nitrogens with zero attached hydrogens (tertiary/aromatic N) is 1. The van der Waals surface area contributed by atoms with Gasteiger partial charge in [0, 0.05) is 0 Å². The number of carbonyl (C=O) groups excluding carboxylic acids is 2. The highest BCUT2D eigenvalue weighted by molar-refractivity contribution is 5.99. The molecule has 0 bridgehead atoms. The fourth-order valence-electron chi connectivity index (χ4n) is 2.35. The Hall–Kier alpha value is -2.67. The molecular formula is C16H18N2O5. The molecule has 1 saturated heterocycles. The van der Waals surface area contributed by atoms with Gasteiger partial charge in [0.15, 0.2) is 0 Å². The Morgan fingerprint density at radius 2 is 1.87 bits per heavy atom. The number of ether oxygens (including phenoxy) is 1. The van der Waals surface area contributed by atoms with Crippen LogP contribution in [0.25, 0.3) is 0 Å². The molecule has 1 aliphatic heterocycles. The van der Waals surface area contributed by atoms with Crippen molar-refractivity contribution in [1.82, 2.24) is 4.90 Å². The maximum absolute atomic E-state index is 12.0. The molecule has 0 aromatic heterocycles. The van der Waals surface area contributed by atoms with Crippen LogP contribution in [0.4, 0.5) is 0 Å². The maximum Gasteiger partial charge on any atom is 0.352 e. The third-order valence-corrected chi connectivity index (χ3v) is 3.44. The number of carbonyl (C=O) groups is 3. The lowest BCUT2D eigenvalue weighted by Gasteiger charge is -2.44. The summed E-state index contributed by atoms with van der Waals surface area (Å²) in [6.45, 7) is 3.12. The third kappa shape index (κ3) is 3.40. The lowest BCUT2D eigenvalue weighted by atomic mass is 10.0. The van der Waals surface area contributed by atoms with E-state index < -0.39 is 30.1 Å². The summed E-state index contributed by atoms with van der Waals surface area (Å²) in [5, 5.41) is 9.24. The van der Waals surface area contributed by atoms with Crippen LogP contribution in [0.3, 0.4) is 0 Å². The van der Waals surface area contributed by atoms with Gasteiger partial charge in [-0.25, -0.2) is 4.79 Å². The highest BCUT2D eigenvalue weighted by atomic mass is 16.6. The molecule has 3 N–H and O–H groups in total. The summed E-state index contributed by atoms with van der Waals surface area (Å²) in [6.07, 6.45) is -1.08. The van der Waals surface area contributed by atoms with Crippen molar-refractivity contribution in [3.05, 3.63) is 47.2 Å². The van der Waals surface area contributed by atoms with E-state index in [1.165, 1.54) is 0 Å². The lowest BCUT2D eigenvalue weighted by Crippen LogP contribution is -2.70. The number of likely N-dealkylation sites (tertiary alicyclic amines) is 1. The Balaban J connectivity index is 2.12. The number of carboxylic acid groups (broad SMARTS) is 1. The van der Waals surface area contributed by atoms with Crippen molar-refractivity contribution in [3.63, 3.8) is 0 Å². The van der Waals surface area contributed by atoms with Gasteiger partial charge in [-0.05, 0) is 25.0 Å². The molecule has 1 aromatic carbocycles. The highest BCUT2D eigenvalue weighted by Crippen LogP contribution is 2.27. The fourth-order valence-corrected chi connectivity index (χ4v) is 2.35. The lowest BCUT2D eigenvalue weighted by molar-refractivity contribution is -0.185. The topological polar surface area (TPSA) is 110 Å². The van der Waals surface area contributed by atoms with Gasteiger partial charge in [0.1, 0.15) is 11.7 Å². The van der Waals surface area contributed by atoms with Crippen LogP contribution in [0.2, 0.25) is 0 Å². The van der Waals surface area contributed by atoms with Crippen LogP contribution in [-0.2, 0) is 25.5 Å². The van der Waals surface area contributed by atoms with Gasteiger partial charge >= 0.3 is 11.9 Å². The molecule has 23 heavy (non-hydrogen) atoms. The number of esters is 1. The van der Waals surface area contributed by atoms with Gasteiger partial charge in [0.05, 0.1) is 6.42 Å². The van der Waals surface area contributed by atoms with Gasteiger partial charge in [-0.3, -0.25) is 14.5 Å². The first kappa shape index (κ1) is 16.7. The molecule has 122 valence electrons. The Kier molecular flexibility index (Phi) is 4.80. The molecule has 1 aromatic rings. The molecule has 1 heterocycles. The number of allylic oxidation sites excluding steroid dienone is 1. The van der Waals surface area contributed by atoms with E-state index in [1.807, 2.05) is 6.07 Å². The second-order valence-electron chi connectivity index (χ2n) is 5.43. The Labute approximate surface area is 133 Å². The quantitative estimate of drug-likeness (QED) is 0.468. The summed E-state index contributed by atoms with van der Waals surface area (Å²) >= 11 is 0. The zero-order chi connectivity index (χ0) is 17.1. The number of rotatable bonds is 5. The van der Waals surface area contributed by atoms with Crippen molar-refractivity contribution in [2.75, 3.05) is 0 Å². The number of nitrogens with two attached hydrogens (primary N) is 1. The smallest absolute Gasteiger partial charge is 0.352 e. The summed E-state index contributed by atoms with van der Waals surface area (Å²) in [6, 6.07) is 7.89. The van der Waals surface area contributed by atoms with E-state index in [4.69, 9.17) is 10.5 Å². The van der Waals surface area contributed by atoms with E-state index in [1.54, 1.807) is 38.1 Å². The summed E-state index contributed by atoms with van der Waals surface area (Å²) in [4.78, 5) is 36.1. The zero-order valence-corrected chi connectivity index (χ0v) is 12.9. The first-order valence-corrected chi connectivity index (χ1v) is 7.05. The van der Waals surface area contributed by atoms with Crippen molar-refractivity contribution in [1.29, 1.82) is 0 Å². The molecule has 0 unspecified atom stereocenters. The number of amides is 1. The number of hydrogen-bond donors (Lipinski definition) is 2. The van der Waals surface area contributed by atoms with E-state index in [2.05, 4.69) is 0 Å². The monoisotopic (exact) mass is 318 g/mol. The van der Waals surface area contributed by atoms with Crippen molar-refractivity contribution >= 4 is 17.8 Å². The summed E-state index contributed by atoms with van der Waals surface area (Å²) < 4.78 is 5.21. The second kappa shape index (κ2) is 6.62. The molecule has 1 amide bonds. The molecule has 7 nitrogen and oxygen atoms in total. The molecule has 1 aliphatic rings. The molecule has 7 heteroatoms. The maximum atomic E-state index is 12.0. The molecule has 0 saturated carbocycles. The van der Waals surface area contributed by atoms with Gasteiger partial charge in [-0.1, -0.05) is 30.3 Å². The van der Waals surface area contributed by atoms with Crippen molar-refractivity contribution in [2.45, 2.75) is 32.5 Å². The Bertz CT molecular complexity index is 664. The van der Waals surface area contributed by atoms with Crippen molar-refractivity contribution in [3.8, 4) is 0 Å². The molecule has 0 aliphatic carbocycles. The highest BCUT2D eigenvalue weighted by Gasteiger charge is 2.51. The largest absolute Gasteiger partial charge is 0.477 e. The number of aliphatic carboxylic acids is 1. The second-order valence-corrected chi connectivity index (χ2v) is 5.43. The Morgan fingerprint density at radius 3 is 2.39 bits per heavy atom. The number of benzene rings is 1. The number of carboxylic acids is 1. The summed E-state index contributed by atoms with van der Waals surface area (Å²) in [5.41, 5.74) is 6.61. The van der Waals surface area contributed by atoms with Gasteiger partial charge in [-0.15, -0.1) is 0 Å². The van der Waals surface area contributed by atoms with Crippen LogP contribution in [-0.4, -0.2) is 40.1 Å². The van der Waals surface area contributed by atoms with Crippen LogP contribution >= 0.6 is 0 Å². The average molecular weight is 318 g/mol. The standard InChI is InChI=1S/C16H18N2O5/c1-9(2)13(16(21)22)18-14(20)12(17)15(18)23-11(19)8-10-6-4-3-5-7-10/h3-7,12,15H,8,17H2,1-2H3,(H,21,22)/t12-,15-/m1/s1. The molecule has 0 radical (unpaired) electrons. The summed E-state index contributed by atoms with van der Waals surface area (Å²) in [7, 11) is 0. The molecule has 0 spiro atoms. The Morgan fingerprint density at radius 1 is 1.26 bits per heavy atom. The predicted molar refractivity (Wildman–Crippen MR) is 80.9 cm³/mol. The minimum atomic E-state index is -1.27. The van der Waals surface area contributed by atoms with Gasteiger partial charge < -0.3 is 15.6 Å². The van der Waals surface area contributed by atoms with E-state index >= 15 is 0 Å². The predicted octanol–water partition coefficient (Wildman–Crippen LogP) is 0.646. The van der Waals surface area contributed by atoms with E-state index in [9.17, 15) is 19.5 Å². The van der Waals surface area contributed by atoms with Crippen LogP contribution in [0.5, 0.6) is 0 Å². The van der Waals surface area contributed by atoms with Gasteiger partial charge in [-0.2, -0.15) is 0 Å². The van der Waals surface area contributed by atoms with E-state index in [-0.39, 0.29) is 12.1 Å². The van der Waals surface area contributed by atoms with Crippen LogP contribution in [0.1, 0.15) is 19.4 Å². The first-order chi connectivity index (χ1) is 10.8. The summed E-state index contributed by atoms with van der Waals surface area (Å²) in [5.74, 6) is -2.43. The van der Waals surface area contributed by atoms with Gasteiger partial charge in [0.25, 0.3) is 5.91 Å². The van der Waals surface area contributed by atoms with E-state index in [0.29, 0.717) is 5.57 Å². The third-order valence-electron chi connectivity index (χ3n) is 3.44. The zero-order valence-electron chi connectivity index (χ0n) is 12.9. The van der Waals surface area contributed by atoms with Crippen LogP contribution in [0, 0.1) is 0 Å².